The molecule has 0 saturated carbocycles. The topological polar surface area (TPSA) is 44.5 Å². The van der Waals surface area contributed by atoms with E-state index in [9.17, 15) is 0 Å². The van der Waals surface area contributed by atoms with Gasteiger partial charge in [-0.05, 0) is 6.92 Å². The van der Waals surface area contributed by atoms with E-state index in [1.807, 2.05) is 6.92 Å². The Morgan fingerprint density at radius 1 is 1.55 bits per heavy atom. The average molecular weight is 175 g/mol. The second kappa shape index (κ2) is 4.66. The lowest BCUT2D eigenvalue weighted by Crippen LogP contribution is -2.54. The molecule has 2 N–H and O–H groups in total. The van der Waals surface area contributed by atoms with Crippen molar-refractivity contribution in [2.75, 3.05) is 14.2 Å². The van der Waals surface area contributed by atoms with Crippen LogP contribution in [0.4, 0.5) is 0 Å². The zero-order valence-corrected chi connectivity index (χ0v) is 8.46. The third-order valence-electron chi connectivity index (χ3n) is 1.81. The molecule has 0 aromatic rings. The predicted octanol–water partition coefficient (Wildman–Crippen LogP) is 0.794. The van der Waals surface area contributed by atoms with E-state index >= 15 is 0 Å². The van der Waals surface area contributed by atoms with Crippen LogP contribution in [0.5, 0.6) is 0 Å². The van der Waals surface area contributed by atoms with Crippen molar-refractivity contribution >= 4 is 8.56 Å². The van der Waals surface area contributed by atoms with Crippen LogP contribution in [0.25, 0.3) is 0 Å². The van der Waals surface area contributed by atoms with Crippen LogP contribution in [-0.2, 0) is 8.85 Å². The summed E-state index contributed by atoms with van der Waals surface area (Å²) >= 11 is 0. The normalized spacial score (nSPS) is 14.5. The third kappa shape index (κ3) is 2.41. The van der Waals surface area contributed by atoms with Crippen molar-refractivity contribution in [1.82, 2.24) is 0 Å². The highest BCUT2D eigenvalue weighted by Crippen LogP contribution is 2.14. The average Bonchev–Trinajstić information content (AvgIpc) is 2.00. The highest BCUT2D eigenvalue weighted by molar-refractivity contribution is 6.69. The molecule has 0 aliphatic rings. The quantitative estimate of drug-likeness (QED) is 0.496. The monoisotopic (exact) mass is 175 g/mol. The number of rotatable bonds is 5. The summed E-state index contributed by atoms with van der Waals surface area (Å²) in [5.41, 5.74) is 5.71. The lowest BCUT2D eigenvalue weighted by molar-refractivity contribution is 0.235. The molecule has 0 heterocycles. The first-order chi connectivity index (χ1) is 5.13. The summed E-state index contributed by atoms with van der Waals surface area (Å²) in [7, 11) is 1.12. The Hall–Kier alpha value is -0.163. The molecule has 0 fully saturated rings. The zero-order valence-electron chi connectivity index (χ0n) is 7.46. The fraction of sp³-hybridized carbons (Fsp3) is 0.714. The number of hydrogen-bond acceptors (Lipinski definition) is 3. The van der Waals surface area contributed by atoms with Crippen LogP contribution in [0.1, 0.15) is 6.92 Å². The molecule has 0 aliphatic heterocycles. The molecule has 3 nitrogen and oxygen atoms in total. The lowest BCUT2D eigenvalue weighted by atomic mass is 10.8. The van der Waals surface area contributed by atoms with E-state index in [4.69, 9.17) is 14.6 Å². The molecule has 4 heteroatoms. The number of hydrogen-bond donors (Lipinski definition) is 1. The first kappa shape index (κ1) is 10.8. The van der Waals surface area contributed by atoms with Gasteiger partial charge >= 0.3 is 8.56 Å². The van der Waals surface area contributed by atoms with Crippen molar-refractivity contribution in [2.24, 2.45) is 5.73 Å². The maximum Gasteiger partial charge on any atom is 0.358 e. The molecule has 66 valence electrons. The minimum atomic E-state index is -2.16. The van der Waals surface area contributed by atoms with Gasteiger partial charge in [0.25, 0.3) is 0 Å². The van der Waals surface area contributed by atoms with Crippen LogP contribution in [0.15, 0.2) is 12.7 Å². The fourth-order valence-electron chi connectivity index (χ4n) is 1.01. The summed E-state index contributed by atoms with van der Waals surface area (Å²) in [5, 5.41) is 0. The molecule has 0 saturated heterocycles. The van der Waals surface area contributed by atoms with Crippen molar-refractivity contribution in [2.45, 2.75) is 18.6 Å². The first-order valence-corrected chi connectivity index (χ1v) is 5.70. The van der Waals surface area contributed by atoms with Crippen molar-refractivity contribution in [3.8, 4) is 0 Å². The van der Waals surface area contributed by atoms with Gasteiger partial charge in [0, 0.05) is 25.9 Å². The maximum atomic E-state index is 5.74. The number of nitrogens with two attached hydrogens (primary N) is 1. The second-order valence-corrected chi connectivity index (χ2v) is 6.26. The van der Waals surface area contributed by atoms with Gasteiger partial charge in [0.1, 0.15) is 0 Å². The van der Waals surface area contributed by atoms with E-state index in [1.54, 1.807) is 20.3 Å². The smallest absolute Gasteiger partial charge is 0.358 e. The molecule has 0 amide bonds. The van der Waals surface area contributed by atoms with Gasteiger partial charge in [0.15, 0.2) is 0 Å². The van der Waals surface area contributed by atoms with Crippen molar-refractivity contribution in [1.29, 1.82) is 0 Å². The van der Waals surface area contributed by atoms with Crippen LogP contribution in [0.3, 0.4) is 0 Å². The molecule has 0 spiro atoms. The SMILES string of the molecule is C=CC[Si](OC)(OC)C(C)N. The summed E-state index contributed by atoms with van der Waals surface area (Å²) in [6.45, 7) is 5.55. The van der Waals surface area contributed by atoms with Crippen LogP contribution in [0, 0.1) is 0 Å². The largest absolute Gasteiger partial charge is 0.397 e. The summed E-state index contributed by atoms with van der Waals surface area (Å²) in [4.78, 5) is 0. The minimum Gasteiger partial charge on any atom is -0.397 e. The molecule has 0 aliphatic carbocycles. The van der Waals surface area contributed by atoms with Crippen LogP contribution >= 0.6 is 0 Å². The predicted molar refractivity (Wildman–Crippen MR) is 48.4 cm³/mol. The van der Waals surface area contributed by atoms with Crippen LogP contribution < -0.4 is 5.73 Å². The first-order valence-electron chi connectivity index (χ1n) is 3.59. The van der Waals surface area contributed by atoms with Crippen molar-refractivity contribution < 1.29 is 8.85 Å². The highest BCUT2D eigenvalue weighted by Gasteiger charge is 2.38. The summed E-state index contributed by atoms with van der Waals surface area (Å²) < 4.78 is 10.6. The molecule has 11 heavy (non-hydrogen) atoms. The van der Waals surface area contributed by atoms with Gasteiger partial charge in [-0.15, -0.1) is 6.58 Å². The van der Waals surface area contributed by atoms with Gasteiger partial charge < -0.3 is 14.6 Å². The van der Waals surface area contributed by atoms with Gasteiger partial charge in [-0.1, -0.05) is 6.08 Å². The molecular formula is C7H17NO2Si. The summed E-state index contributed by atoms with van der Waals surface area (Å²) in [6, 6.07) is 0.734. The highest BCUT2D eigenvalue weighted by atomic mass is 28.4. The van der Waals surface area contributed by atoms with E-state index in [0.29, 0.717) is 0 Å². The zero-order chi connectivity index (χ0) is 8.91. The molecule has 0 rings (SSSR count). The minimum absolute atomic E-state index is 0.0319. The third-order valence-corrected chi connectivity index (χ3v) is 5.44. The van der Waals surface area contributed by atoms with Gasteiger partial charge in [0.05, 0.1) is 0 Å². The van der Waals surface area contributed by atoms with Gasteiger partial charge in [-0.2, -0.15) is 0 Å². The Morgan fingerprint density at radius 3 is 2.09 bits per heavy atom. The van der Waals surface area contributed by atoms with Gasteiger partial charge in [-0.3, -0.25) is 0 Å². The van der Waals surface area contributed by atoms with Crippen molar-refractivity contribution in [3.63, 3.8) is 0 Å². The summed E-state index contributed by atoms with van der Waals surface area (Å²) in [6.07, 6.45) is 1.79. The molecule has 1 unspecified atom stereocenters. The van der Waals surface area contributed by atoms with Crippen LogP contribution in [0.2, 0.25) is 6.04 Å². The Balaban J connectivity index is 4.31. The molecule has 0 radical (unpaired) electrons. The van der Waals surface area contributed by atoms with E-state index in [1.165, 1.54) is 0 Å². The van der Waals surface area contributed by atoms with Gasteiger partial charge in [0.2, 0.25) is 0 Å². The second-order valence-electron chi connectivity index (χ2n) is 2.50. The van der Waals surface area contributed by atoms with E-state index in [0.717, 1.165) is 6.04 Å². The van der Waals surface area contributed by atoms with Crippen molar-refractivity contribution in [3.05, 3.63) is 12.7 Å². The Morgan fingerprint density at radius 2 is 2.00 bits per heavy atom. The van der Waals surface area contributed by atoms with E-state index < -0.39 is 8.56 Å². The van der Waals surface area contributed by atoms with Crippen LogP contribution in [-0.4, -0.2) is 28.4 Å². The maximum absolute atomic E-state index is 5.74. The molecule has 0 aromatic heterocycles. The summed E-state index contributed by atoms with van der Waals surface area (Å²) in [5.74, 6) is 0. The number of allylic oxidation sites excluding steroid dienone is 1. The molecule has 0 aromatic carbocycles. The van der Waals surface area contributed by atoms with E-state index in [2.05, 4.69) is 6.58 Å². The Bertz CT molecular complexity index is 124. The molecule has 1 atom stereocenters. The lowest BCUT2D eigenvalue weighted by Gasteiger charge is -2.29. The fourth-order valence-corrected chi connectivity index (χ4v) is 3.03. The molecule has 0 bridgehead atoms. The molecular weight excluding hydrogens is 158 g/mol. The van der Waals surface area contributed by atoms with E-state index in [-0.39, 0.29) is 5.67 Å². The Labute approximate surface area is 69.4 Å². The Kier molecular flexibility index (Phi) is 4.59. The standard InChI is InChI=1S/C7H17NO2Si/c1-5-6-11(9-3,10-4)7(2)8/h5,7H,1,6,8H2,2-4H3. The van der Waals surface area contributed by atoms with Gasteiger partial charge in [-0.25, -0.2) is 0 Å².